The highest BCUT2D eigenvalue weighted by Crippen LogP contribution is 2.35. The topological polar surface area (TPSA) is 84.9 Å². The Labute approximate surface area is 217 Å². The lowest BCUT2D eigenvalue weighted by molar-refractivity contribution is -0.137. The third-order valence-corrected chi connectivity index (χ3v) is 7.39. The first-order valence-corrected chi connectivity index (χ1v) is 12.6. The van der Waals surface area contributed by atoms with Gasteiger partial charge in [-0.2, -0.15) is 13.2 Å². The molecule has 0 saturated heterocycles. The second kappa shape index (κ2) is 10.9. The molecule has 7 nitrogen and oxygen atoms in total. The number of methoxy groups -OCH3 is 2. The van der Waals surface area contributed by atoms with Crippen LogP contribution >= 0.6 is 11.6 Å². The van der Waals surface area contributed by atoms with Crippen LogP contribution in [0.15, 0.2) is 59.5 Å². The van der Waals surface area contributed by atoms with Crippen LogP contribution in [-0.4, -0.2) is 35.1 Å². The Balaban J connectivity index is 2.04. The zero-order chi connectivity index (χ0) is 27.5. The molecule has 0 fully saturated rings. The number of alkyl halides is 3. The molecule has 0 saturated carbocycles. The molecular formula is C25H24ClF3N2O5S. The molecule has 0 radical (unpaired) electrons. The maximum atomic E-state index is 13.7. The fourth-order valence-corrected chi connectivity index (χ4v) is 5.22. The standard InChI is InChI=1S/C25H24ClF3N2O5S/c1-15-9-16(2)11-18(10-15)31(37(33,34)19-6-8-22(35-3)23(13-19)36-4)14-24(32)30-21-12-17(25(27,28)29)5-7-20(21)26/h5-13H,14H2,1-4H3,(H,30,32). The van der Waals surface area contributed by atoms with Gasteiger partial charge in [0, 0.05) is 6.07 Å². The van der Waals surface area contributed by atoms with Crippen LogP contribution in [0, 0.1) is 13.8 Å². The van der Waals surface area contributed by atoms with Crippen molar-refractivity contribution in [3.8, 4) is 11.5 Å². The number of rotatable bonds is 8. The summed E-state index contributed by atoms with van der Waals surface area (Å²) in [6.07, 6.45) is -4.66. The Kier molecular flexibility index (Phi) is 8.28. The Morgan fingerprint density at radius 3 is 2.14 bits per heavy atom. The highest BCUT2D eigenvalue weighted by atomic mass is 35.5. The lowest BCUT2D eigenvalue weighted by Gasteiger charge is -2.25. The van der Waals surface area contributed by atoms with Crippen molar-refractivity contribution in [3.63, 3.8) is 0 Å². The van der Waals surface area contributed by atoms with Gasteiger partial charge in [-0.25, -0.2) is 8.42 Å². The van der Waals surface area contributed by atoms with E-state index in [0.717, 1.165) is 27.6 Å². The molecule has 3 aromatic rings. The van der Waals surface area contributed by atoms with E-state index in [2.05, 4.69) is 5.32 Å². The van der Waals surface area contributed by atoms with Gasteiger partial charge < -0.3 is 14.8 Å². The molecule has 37 heavy (non-hydrogen) atoms. The number of nitrogens with one attached hydrogen (secondary N) is 1. The summed E-state index contributed by atoms with van der Waals surface area (Å²) in [7, 11) is -1.60. The van der Waals surface area contributed by atoms with Gasteiger partial charge in [-0.15, -0.1) is 0 Å². The van der Waals surface area contributed by atoms with Crippen LogP contribution in [0.5, 0.6) is 11.5 Å². The molecule has 0 atom stereocenters. The quantitative estimate of drug-likeness (QED) is 0.377. The summed E-state index contributed by atoms with van der Waals surface area (Å²) in [5.41, 5.74) is 0.354. The number of carbonyl (C=O) groups is 1. The fraction of sp³-hybridized carbons (Fsp3) is 0.240. The Morgan fingerprint density at radius 1 is 0.946 bits per heavy atom. The summed E-state index contributed by atoms with van der Waals surface area (Å²) in [6, 6.07) is 11.4. The van der Waals surface area contributed by atoms with Crippen molar-refractivity contribution in [3.05, 3.63) is 76.3 Å². The van der Waals surface area contributed by atoms with Crippen molar-refractivity contribution in [1.82, 2.24) is 0 Å². The van der Waals surface area contributed by atoms with E-state index in [9.17, 15) is 26.4 Å². The predicted molar refractivity (Wildman–Crippen MR) is 135 cm³/mol. The van der Waals surface area contributed by atoms with Crippen LogP contribution in [0.4, 0.5) is 24.5 Å². The third kappa shape index (κ3) is 6.47. The minimum Gasteiger partial charge on any atom is -0.493 e. The van der Waals surface area contributed by atoms with Crippen LogP contribution in [-0.2, 0) is 21.0 Å². The van der Waals surface area contributed by atoms with Crippen LogP contribution in [0.25, 0.3) is 0 Å². The van der Waals surface area contributed by atoms with Crippen molar-refractivity contribution in [2.75, 3.05) is 30.4 Å². The van der Waals surface area contributed by atoms with Gasteiger partial charge in [-0.1, -0.05) is 17.7 Å². The maximum absolute atomic E-state index is 13.7. The number of amides is 1. The lowest BCUT2D eigenvalue weighted by atomic mass is 10.1. The monoisotopic (exact) mass is 556 g/mol. The number of hydrogen-bond donors (Lipinski definition) is 1. The number of benzene rings is 3. The molecule has 0 aliphatic rings. The van der Waals surface area contributed by atoms with E-state index in [4.69, 9.17) is 21.1 Å². The highest BCUT2D eigenvalue weighted by molar-refractivity contribution is 7.92. The molecule has 198 valence electrons. The van der Waals surface area contributed by atoms with E-state index >= 15 is 0 Å². The Morgan fingerprint density at radius 2 is 1.57 bits per heavy atom. The minimum atomic E-state index is -4.66. The number of hydrogen-bond acceptors (Lipinski definition) is 5. The van der Waals surface area contributed by atoms with Gasteiger partial charge in [-0.3, -0.25) is 9.10 Å². The van der Waals surface area contributed by atoms with Crippen LogP contribution in [0.2, 0.25) is 5.02 Å². The molecular weight excluding hydrogens is 533 g/mol. The first-order valence-electron chi connectivity index (χ1n) is 10.8. The van der Waals surface area contributed by atoms with Crippen LogP contribution < -0.4 is 19.1 Å². The normalized spacial score (nSPS) is 11.7. The summed E-state index contributed by atoms with van der Waals surface area (Å²) in [5, 5.41) is 2.16. The van der Waals surface area contributed by atoms with E-state index in [1.54, 1.807) is 26.0 Å². The number of sulfonamides is 1. The predicted octanol–water partition coefficient (Wildman–Crippen LogP) is 5.83. The SMILES string of the molecule is COc1ccc(S(=O)(=O)N(CC(=O)Nc2cc(C(F)(F)F)ccc2Cl)c2cc(C)cc(C)c2)cc1OC. The summed E-state index contributed by atoms with van der Waals surface area (Å²) >= 11 is 5.99. The molecule has 0 heterocycles. The number of nitrogens with zero attached hydrogens (tertiary/aromatic N) is 1. The average Bonchev–Trinajstić information content (AvgIpc) is 2.81. The van der Waals surface area contributed by atoms with Gasteiger partial charge in [0.1, 0.15) is 6.54 Å². The van der Waals surface area contributed by atoms with Crippen molar-refractivity contribution in [2.45, 2.75) is 24.9 Å². The molecule has 0 unspecified atom stereocenters. The summed E-state index contributed by atoms with van der Waals surface area (Å²) < 4.78 is 78.1. The van der Waals surface area contributed by atoms with E-state index < -0.39 is 34.2 Å². The number of ether oxygens (including phenoxy) is 2. The van der Waals surface area contributed by atoms with E-state index in [1.165, 1.54) is 32.4 Å². The fourth-order valence-electron chi connectivity index (χ4n) is 3.63. The lowest BCUT2D eigenvalue weighted by Crippen LogP contribution is -2.38. The maximum Gasteiger partial charge on any atom is 0.416 e. The summed E-state index contributed by atoms with van der Waals surface area (Å²) in [4.78, 5) is 12.8. The van der Waals surface area contributed by atoms with Gasteiger partial charge in [-0.05, 0) is 67.4 Å². The first-order chi connectivity index (χ1) is 17.3. The van der Waals surface area contributed by atoms with E-state index in [1.807, 2.05) is 6.07 Å². The molecule has 3 aromatic carbocycles. The molecule has 1 amide bonds. The van der Waals surface area contributed by atoms with Crippen molar-refractivity contribution in [1.29, 1.82) is 0 Å². The molecule has 3 rings (SSSR count). The number of anilines is 2. The van der Waals surface area contributed by atoms with Crippen molar-refractivity contribution >= 4 is 38.9 Å². The van der Waals surface area contributed by atoms with Gasteiger partial charge >= 0.3 is 6.18 Å². The largest absolute Gasteiger partial charge is 0.493 e. The molecule has 0 aliphatic carbocycles. The zero-order valence-corrected chi connectivity index (χ0v) is 21.9. The smallest absolute Gasteiger partial charge is 0.416 e. The third-order valence-electron chi connectivity index (χ3n) is 5.29. The van der Waals surface area contributed by atoms with Crippen LogP contribution in [0.1, 0.15) is 16.7 Å². The molecule has 1 N–H and O–H groups in total. The van der Waals surface area contributed by atoms with Gasteiger partial charge in [0.2, 0.25) is 5.91 Å². The molecule has 0 bridgehead atoms. The second-order valence-corrected chi connectivity index (χ2v) is 10.4. The van der Waals surface area contributed by atoms with Crippen LogP contribution in [0.3, 0.4) is 0 Å². The second-order valence-electron chi connectivity index (χ2n) is 8.11. The summed E-state index contributed by atoms with van der Waals surface area (Å²) in [6.45, 7) is 2.78. The number of aryl methyl sites for hydroxylation is 2. The average molecular weight is 557 g/mol. The van der Waals surface area contributed by atoms with Gasteiger partial charge in [0.25, 0.3) is 10.0 Å². The number of halogens is 4. The van der Waals surface area contributed by atoms with E-state index in [0.29, 0.717) is 11.8 Å². The minimum absolute atomic E-state index is 0.137. The number of carbonyl (C=O) groups excluding carboxylic acids is 1. The Bertz CT molecular complexity index is 1410. The van der Waals surface area contributed by atoms with Gasteiger partial charge in [0.15, 0.2) is 11.5 Å². The van der Waals surface area contributed by atoms with Crippen molar-refractivity contribution < 1.29 is 35.9 Å². The summed E-state index contributed by atoms with van der Waals surface area (Å²) in [5.74, 6) is -0.440. The van der Waals surface area contributed by atoms with E-state index in [-0.39, 0.29) is 27.0 Å². The molecule has 0 spiro atoms. The van der Waals surface area contributed by atoms with Crippen molar-refractivity contribution in [2.24, 2.45) is 0 Å². The van der Waals surface area contributed by atoms with Gasteiger partial charge in [0.05, 0.1) is 41.1 Å². The first kappa shape index (κ1) is 28.1. The Hall–Kier alpha value is -3.44. The molecule has 0 aromatic heterocycles. The molecule has 0 aliphatic heterocycles. The zero-order valence-electron chi connectivity index (χ0n) is 20.3. The highest BCUT2D eigenvalue weighted by Gasteiger charge is 2.32. The molecule has 12 heteroatoms.